The van der Waals surface area contributed by atoms with E-state index < -0.39 is 5.97 Å². The number of allylic oxidation sites excluding steroid dienone is 2. The largest absolute Gasteiger partial charge is 0.545 e. The Labute approximate surface area is 73.9 Å². The van der Waals surface area contributed by atoms with Crippen LogP contribution in [0.4, 0.5) is 5.82 Å². The smallest absolute Gasteiger partial charge is 0.147 e. The van der Waals surface area contributed by atoms with Crippen LogP contribution >= 0.6 is 0 Å². The number of rotatable bonds is 1. The van der Waals surface area contributed by atoms with Gasteiger partial charge in [-0.15, -0.1) is 0 Å². The van der Waals surface area contributed by atoms with Gasteiger partial charge in [0.05, 0.1) is 5.97 Å². The Morgan fingerprint density at radius 2 is 2.46 bits per heavy atom. The highest BCUT2D eigenvalue weighted by Crippen LogP contribution is 2.23. The molecule has 64 valence electrons. The van der Waals surface area contributed by atoms with Gasteiger partial charge >= 0.3 is 0 Å². The van der Waals surface area contributed by atoms with Crippen molar-refractivity contribution >= 4 is 23.7 Å². The number of nitrogens with one attached hydrogen (secondary N) is 1. The Hall–Kier alpha value is -2.06. The summed E-state index contributed by atoms with van der Waals surface area (Å²) in [5, 5.41) is 10.6. The summed E-state index contributed by atoms with van der Waals surface area (Å²) in [5.41, 5.74) is 0.647. The lowest BCUT2D eigenvalue weighted by Crippen LogP contribution is -2.22. The van der Waals surface area contributed by atoms with E-state index in [0.717, 1.165) is 0 Å². The van der Waals surface area contributed by atoms with Gasteiger partial charge in [0.1, 0.15) is 5.82 Å². The van der Waals surface area contributed by atoms with Crippen molar-refractivity contribution in [3.05, 3.63) is 29.5 Å². The number of fused-ring (bicyclic) bond motifs is 1. The molecular formula is C9H5N2O2-. The summed E-state index contributed by atoms with van der Waals surface area (Å²) in [6.07, 6.45) is 6.30. The number of carboxylic acid groups (broad SMARTS) is 1. The lowest BCUT2D eigenvalue weighted by molar-refractivity contribution is -0.255. The second-order valence-electron chi connectivity index (χ2n) is 2.52. The molecule has 0 saturated carbocycles. The van der Waals surface area contributed by atoms with E-state index in [9.17, 15) is 9.90 Å². The van der Waals surface area contributed by atoms with Crippen molar-refractivity contribution in [3.8, 4) is 0 Å². The molecule has 0 amide bonds. The first kappa shape index (κ1) is 7.58. The maximum Gasteiger partial charge on any atom is 0.147 e. The molecular weight excluding hydrogens is 168 g/mol. The summed E-state index contributed by atoms with van der Waals surface area (Å²) >= 11 is 0. The molecule has 0 aromatic carbocycles. The predicted octanol–water partition coefficient (Wildman–Crippen LogP) is 0.262. The first-order valence-electron chi connectivity index (χ1n) is 3.68. The highest BCUT2D eigenvalue weighted by molar-refractivity contribution is 5.94. The molecule has 0 radical (unpaired) electrons. The van der Waals surface area contributed by atoms with Crippen molar-refractivity contribution in [3.63, 3.8) is 0 Å². The molecule has 2 rings (SSSR count). The van der Waals surface area contributed by atoms with Gasteiger partial charge < -0.3 is 14.9 Å². The zero-order valence-corrected chi connectivity index (χ0v) is 6.57. The molecule has 2 heterocycles. The molecule has 0 bridgehead atoms. The molecule has 0 spiro atoms. The molecule has 0 aliphatic carbocycles. The van der Waals surface area contributed by atoms with Crippen molar-refractivity contribution < 1.29 is 9.90 Å². The molecule has 4 nitrogen and oxygen atoms in total. The summed E-state index contributed by atoms with van der Waals surface area (Å²) in [5.74, 6) is 1.91. The number of carboxylic acids is 1. The van der Waals surface area contributed by atoms with Crippen LogP contribution in [0.2, 0.25) is 0 Å². The molecule has 0 atom stereocenters. The number of aromatic nitrogens is 1. The SMILES string of the molecule is O=C([O-])c1c[nH]c2c1C=CC=C=N2. The third-order valence-corrected chi connectivity index (χ3v) is 1.73. The zero-order chi connectivity index (χ0) is 9.26. The van der Waals surface area contributed by atoms with Crippen LogP contribution < -0.4 is 5.11 Å². The number of hydrogen-bond acceptors (Lipinski definition) is 3. The minimum absolute atomic E-state index is 0.118. The fraction of sp³-hybridized carbons (Fsp3) is 0. The van der Waals surface area contributed by atoms with Gasteiger partial charge in [-0.2, -0.15) is 4.99 Å². The van der Waals surface area contributed by atoms with Gasteiger partial charge in [0.25, 0.3) is 0 Å². The van der Waals surface area contributed by atoms with Crippen molar-refractivity contribution in [2.45, 2.75) is 0 Å². The standard InChI is InChI=1S/C9H6N2O2/c12-9(13)7-5-11-8-6(7)3-1-2-4-10-8/h1-3,5,11H,(H,12,13)/p-1. The van der Waals surface area contributed by atoms with Crippen LogP contribution in [0.3, 0.4) is 0 Å². The fourth-order valence-electron chi connectivity index (χ4n) is 1.14. The number of nitrogens with zero attached hydrogens (tertiary/aromatic N) is 1. The Morgan fingerprint density at radius 1 is 1.62 bits per heavy atom. The predicted molar refractivity (Wildman–Crippen MR) is 45.8 cm³/mol. The monoisotopic (exact) mass is 173 g/mol. The topological polar surface area (TPSA) is 68.3 Å². The molecule has 1 N–H and O–H groups in total. The van der Waals surface area contributed by atoms with Gasteiger partial charge in [0, 0.05) is 17.3 Å². The Balaban J connectivity index is 2.64. The lowest BCUT2D eigenvalue weighted by Gasteiger charge is -1.99. The van der Waals surface area contributed by atoms with Crippen molar-refractivity contribution in [2.75, 3.05) is 0 Å². The Morgan fingerprint density at radius 3 is 3.23 bits per heavy atom. The van der Waals surface area contributed by atoms with Gasteiger partial charge in [-0.05, 0) is 18.0 Å². The van der Waals surface area contributed by atoms with E-state index in [2.05, 4.69) is 15.8 Å². The molecule has 1 aromatic heterocycles. The van der Waals surface area contributed by atoms with Gasteiger partial charge in [-0.25, -0.2) is 0 Å². The van der Waals surface area contributed by atoms with Crippen LogP contribution in [0.1, 0.15) is 15.9 Å². The third-order valence-electron chi connectivity index (χ3n) is 1.73. The highest BCUT2D eigenvalue weighted by atomic mass is 16.4. The van der Waals surface area contributed by atoms with E-state index in [4.69, 9.17) is 0 Å². The van der Waals surface area contributed by atoms with Crippen LogP contribution in [-0.4, -0.2) is 16.8 Å². The summed E-state index contributed by atoms with van der Waals surface area (Å²) in [4.78, 5) is 17.2. The van der Waals surface area contributed by atoms with Crippen molar-refractivity contribution in [1.29, 1.82) is 0 Å². The number of hydrogen-bond donors (Lipinski definition) is 1. The van der Waals surface area contributed by atoms with Gasteiger partial charge in [0.15, 0.2) is 0 Å². The number of aliphatic imine (C=N–C) groups is 1. The highest BCUT2D eigenvalue weighted by Gasteiger charge is 2.08. The number of aromatic amines is 1. The summed E-state index contributed by atoms with van der Waals surface area (Å²) < 4.78 is 0. The quantitative estimate of drug-likeness (QED) is 0.661. The number of H-pyrrole nitrogens is 1. The number of carbonyl (C=O) groups is 1. The maximum atomic E-state index is 10.6. The number of aromatic carboxylic acids is 1. The van der Waals surface area contributed by atoms with Gasteiger partial charge in [0.2, 0.25) is 0 Å². The van der Waals surface area contributed by atoms with Gasteiger partial charge in [-0.1, -0.05) is 6.08 Å². The first-order valence-corrected chi connectivity index (χ1v) is 3.68. The van der Waals surface area contributed by atoms with Crippen LogP contribution in [0, 0.1) is 0 Å². The molecule has 0 fully saturated rings. The molecule has 1 aromatic rings. The first-order chi connectivity index (χ1) is 6.29. The maximum absolute atomic E-state index is 10.6. The minimum atomic E-state index is -1.21. The molecule has 0 unspecified atom stereocenters. The molecule has 0 saturated heterocycles. The summed E-state index contributed by atoms with van der Waals surface area (Å²) in [7, 11) is 0. The molecule has 1 aliphatic heterocycles. The van der Waals surface area contributed by atoms with E-state index in [1.54, 1.807) is 18.2 Å². The third kappa shape index (κ3) is 1.19. The summed E-state index contributed by atoms with van der Waals surface area (Å²) in [6.45, 7) is 0. The fourth-order valence-corrected chi connectivity index (χ4v) is 1.14. The summed E-state index contributed by atoms with van der Waals surface area (Å²) in [6, 6.07) is 0. The second-order valence-corrected chi connectivity index (χ2v) is 2.52. The van der Waals surface area contributed by atoms with Crippen molar-refractivity contribution in [2.24, 2.45) is 4.99 Å². The number of carbonyl (C=O) groups excluding carboxylic acids is 1. The van der Waals surface area contributed by atoms with E-state index >= 15 is 0 Å². The molecule has 4 heteroatoms. The Bertz CT molecular complexity index is 448. The van der Waals surface area contributed by atoms with E-state index in [-0.39, 0.29) is 5.56 Å². The van der Waals surface area contributed by atoms with E-state index in [0.29, 0.717) is 11.4 Å². The van der Waals surface area contributed by atoms with E-state index in [1.807, 2.05) is 0 Å². The average Bonchev–Trinajstić information content (AvgIpc) is 2.36. The minimum Gasteiger partial charge on any atom is -0.545 e. The van der Waals surface area contributed by atoms with E-state index in [1.165, 1.54) is 6.20 Å². The van der Waals surface area contributed by atoms with Crippen LogP contribution in [0.5, 0.6) is 0 Å². The second kappa shape index (κ2) is 2.77. The zero-order valence-electron chi connectivity index (χ0n) is 6.57. The normalized spacial score (nSPS) is 12.6. The molecule has 13 heavy (non-hydrogen) atoms. The van der Waals surface area contributed by atoms with Crippen LogP contribution in [0.25, 0.3) is 6.08 Å². The van der Waals surface area contributed by atoms with Crippen LogP contribution in [0.15, 0.2) is 23.3 Å². The van der Waals surface area contributed by atoms with Crippen LogP contribution in [-0.2, 0) is 0 Å². The average molecular weight is 173 g/mol. The molecule has 1 aliphatic rings. The van der Waals surface area contributed by atoms with Gasteiger partial charge in [-0.3, -0.25) is 0 Å². The van der Waals surface area contributed by atoms with Crippen molar-refractivity contribution in [1.82, 2.24) is 4.98 Å². The Kier molecular flexibility index (Phi) is 1.61. The lowest BCUT2D eigenvalue weighted by atomic mass is 10.2.